The third-order valence-corrected chi connectivity index (χ3v) is 19.9. The molecule has 0 aromatic rings. The Bertz CT molecular complexity index is 1490. The number of nitrogens with one attached hydrogen (secondary N) is 1. The van der Waals surface area contributed by atoms with Crippen LogP contribution in [0.5, 0.6) is 0 Å². The summed E-state index contributed by atoms with van der Waals surface area (Å²) in [5.41, 5.74) is 0. The monoisotopic (exact) mass is 1290 g/mol. The van der Waals surface area contributed by atoms with Crippen molar-refractivity contribution < 1.29 is 24.5 Å². The van der Waals surface area contributed by atoms with Gasteiger partial charge in [-0.2, -0.15) is 0 Å². The zero-order valence-electron chi connectivity index (χ0n) is 62.6. The van der Waals surface area contributed by atoms with Crippen molar-refractivity contribution in [3.8, 4) is 0 Å². The SMILES string of the molecule is CCCCC/C=C\C/C=C\CCCCCCCCCCCC(=O)OCCCCCCCCCCCCCCCCCCCCCCCCCCCCCCCCCC(=O)NC(CO)C(O)/C=C/CCCCCCCCCCCCCCCCCCCCCCCCC. The van der Waals surface area contributed by atoms with Crippen LogP contribution in [0.3, 0.4) is 0 Å². The van der Waals surface area contributed by atoms with E-state index in [9.17, 15) is 19.8 Å². The van der Waals surface area contributed by atoms with Crippen molar-refractivity contribution in [1.82, 2.24) is 5.32 Å². The zero-order valence-corrected chi connectivity index (χ0v) is 62.6. The Labute approximate surface area is 576 Å². The molecule has 3 N–H and O–H groups in total. The summed E-state index contributed by atoms with van der Waals surface area (Å²) in [6, 6.07) is -0.627. The highest BCUT2D eigenvalue weighted by atomic mass is 16.5. The second kappa shape index (κ2) is 81.5. The number of carbonyl (C=O) groups is 2. The maximum atomic E-state index is 12.6. The molecule has 0 saturated heterocycles. The van der Waals surface area contributed by atoms with Crippen LogP contribution >= 0.6 is 0 Å². The molecule has 0 spiro atoms. The molecule has 92 heavy (non-hydrogen) atoms. The highest BCUT2D eigenvalue weighted by molar-refractivity contribution is 5.76. The fraction of sp³-hybridized carbons (Fsp3) is 0.907. The molecule has 1 amide bonds. The average Bonchev–Trinajstić information content (AvgIpc) is 3.60. The van der Waals surface area contributed by atoms with Crippen molar-refractivity contribution in [2.45, 2.75) is 488 Å². The minimum absolute atomic E-state index is 0.0176. The molecule has 0 aliphatic rings. The maximum Gasteiger partial charge on any atom is 0.305 e. The van der Waals surface area contributed by atoms with Crippen LogP contribution in [0, 0.1) is 0 Å². The van der Waals surface area contributed by atoms with Gasteiger partial charge in [0.05, 0.1) is 25.4 Å². The largest absolute Gasteiger partial charge is 0.466 e. The van der Waals surface area contributed by atoms with E-state index < -0.39 is 12.1 Å². The van der Waals surface area contributed by atoms with Gasteiger partial charge in [0.25, 0.3) is 0 Å². The lowest BCUT2D eigenvalue weighted by molar-refractivity contribution is -0.143. The van der Waals surface area contributed by atoms with Crippen LogP contribution in [0.2, 0.25) is 0 Å². The molecule has 6 nitrogen and oxygen atoms in total. The summed E-state index contributed by atoms with van der Waals surface area (Å²) in [6.07, 6.45) is 107. The van der Waals surface area contributed by atoms with Crippen LogP contribution in [-0.2, 0) is 14.3 Å². The molecule has 0 saturated carbocycles. The minimum atomic E-state index is -0.844. The van der Waals surface area contributed by atoms with Gasteiger partial charge in [0.1, 0.15) is 0 Å². The number of hydrogen-bond acceptors (Lipinski definition) is 5. The highest BCUT2D eigenvalue weighted by Gasteiger charge is 2.18. The molecular formula is C86H165NO5. The van der Waals surface area contributed by atoms with Gasteiger partial charge in [0.15, 0.2) is 0 Å². The fourth-order valence-corrected chi connectivity index (χ4v) is 13.5. The van der Waals surface area contributed by atoms with Crippen LogP contribution < -0.4 is 5.32 Å². The molecule has 0 aliphatic carbocycles. The first kappa shape index (κ1) is 90.1. The minimum Gasteiger partial charge on any atom is -0.466 e. The summed E-state index contributed by atoms with van der Waals surface area (Å²) in [5.74, 6) is -0.0406. The summed E-state index contributed by atoms with van der Waals surface area (Å²) < 4.78 is 5.52. The number of hydrogen-bond donors (Lipinski definition) is 3. The van der Waals surface area contributed by atoms with Crippen molar-refractivity contribution in [1.29, 1.82) is 0 Å². The van der Waals surface area contributed by atoms with Crippen molar-refractivity contribution >= 4 is 11.9 Å². The molecule has 0 bridgehead atoms. The van der Waals surface area contributed by atoms with E-state index in [1.54, 1.807) is 6.08 Å². The highest BCUT2D eigenvalue weighted by Crippen LogP contribution is 2.20. The van der Waals surface area contributed by atoms with E-state index in [0.717, 1.165) is 51.4 Å². The molecule has 2 atom stereocenters. The van der Waals surface area contributed by atoms with Gasteiger partial charge in [0, 0.05) is 12.8 Å². The zero-order chi connectivity index (χ0) is 66.3. The van der Waals surface area contributed by atoms with E-state index in [-0.39, 0.29) is 18.5 Å². The molecule has 0 heterocycles. The molecule has 0 aromatic heterocycles. The van der Waals surface area contributed by atoms with E-state index in [2.05, 4.69) is 43.5 Å². The van der Waals surface area contributed by atoms with Crippen molar-refractivity contribution in [3.05, 3.63) is 36.5 Å². The molecule has 0 aliphatic heterocycles. The third kappa shape index (κ3) is 77.1. The molecule has 0 rings (SSSR count). The molecule has 0 fully saturated rings. The quantitative estimate of drug-likeness (QED) is 0.0320. The number of rotatable bonds is 80. The topological polar surface area (TPSA) is 95.9 Å². The van der Waals surface area contributed by atoms with E-state index in [1.165, 1.54) is 398 Å². The summed E-state index contributed by atoms with van der Waals surface area (Å²) in [7, 11) is 0. The van der Waals surface area contributed by atoms with Crippen LogP contribution in [0.25, 0.3) is 0 Å². The average molecular weight is 1290 g/mol. The Morgan fingerprint density at radius 3 is 0.848 bits per heavy atom. The van der Waals surface area contributed by atoms with E-state index >= 15 is 0 Å². The van der Waals surface area contributed by atoms with Crippen molar-refractivity contribution in [2.75, 3.05) is 13.2 Å². The lowest BCUT2D eigenvalue weighted by Gasteiger charge is -2.20. The van der Waals surface area contributed by atoms with Gasteiger partial charge >= 0.3 is 5.97 Å². The van der Waals surface area contributed by atoms with E-state index in [0.29, 0.717) is 19.4 Å². The van der Waals surface area contributed by atoms with Crippen molar-refractivity contribution in [2.24, 2.45) is 0 Å². The van der Waals surface area contributed by atoms with Gasteiger partial charge in [0.2, 0.25) is 5.91 Å². The van der Waals surface area contributed by atoms with Crippen LogP contribution in [0.15, 0.2) is 36.5 Å². The lowest BCUT2D eigenvalue weighted by Crippen LogP contribution is -2.45. The normalized spacial score (nSPS) is 12.6. The Morgan fingerprint density at radius 2 is 0.543 bits per heavy atom. The van der Waals surface area contributed by atoms with Gasteiger partial charge in [-0.05, 0) is 64.2 Å². The Balaban J connectivity index is 3.35. The van der Waals surface area contributed by atoms with E-state index in [1.807, 2.05) is 6.08 Å². The number of amides is 1. The van der Waals surface area contributed by atoms with Crippen LogP contribution in [0.4, 0.5) is 0 Å². The fourth-order valence-electron chi connectivity index (χ4n) is 13.5. The molecule has 0 aromatic carbocycles. The van der Waals surface area contributed by atoms with Crippen LogP contribution in [0.1, 0.15) is 476 Å². The number of allylic oxidation sites excluding steroid dienone is 5. The summed E-state index contributed by atoms with van der Waals surface area (Å²) >= 11 is 0. The Morgan fingerprint density at radius 1 is 0.304 bits per heavy atom. The van der Waals surface area contributed by atoms with Gasteiger partial charge < -0.3 is 20.3 Å². The first-order chi connectivity index (χ1) is 45.5. The molecule has 544 valence electrons. The maximum absolute atomic E-state index is 12.6. The third-order valence-electron chi connectivity index (χ3n) is 19.9. The molecule has 0 radical (unpaired) electrons. The number of ether oxygens (including phenoxy) is 1. The predicted octanol–water partition coefficient (Wildman–Crippen LogP) is 28.2. The first-order valence-electron chi connectivity index (χ1n) is 42.3. The van der Waals surface area contributed by atoms with Crippen LogP contribution in [-0.4, -0.2) is 47.4 Å². The van der Waals surface area contributed by atoms with Gasteiger partial charge in [-0.3, -0.25) is 9.59 Å². The number of aliphatic hydroxyl groups excluding tert-OH is 2. The summed E-state index contributed by atoms with van der Waals surface area (Å²) in [6.45, 7) is 4.94. The van der Waals surface area contributed by atoms with Gasteiger partial charge in [-0.1, -0.05) is 436 Å². The van der Waals surface area contributed by atoms with Crippen molar-refractivity contribution in [3.63, 3.8) is 0 Å². The Kier molecular flexibility index (Phi) is 79.8. The lowest BCUT2D eigenvalue weighted by atomic mass is 10.0. The summed E-state index contributed by atoms with van der Waals surface area (Å²) in [4.78, 5) is 24.7. The summed E-state index contributed by atoms with van der Waals surface area (Å²) in [5, 5.41) is 23.3. The molecule has 6 heteroatoms. The number of carbonyl (C=O) groups excluding carboxylic acids is 2. The molecule has 2 unspecified atom stereocenters. The molecular weight excluding hydrogens is 1130 g/mol. The van der Waals surface area contributed by atoms with Gasteiger partial charge in [-0.15, -0.1) is 0 Å². The first-order valence-corrected chi connectivity index (χ1v) is 42.3. The predicted molar refractivity (Wildman–Crippen MR) is 407 cm³/mol. The standard InChI is InChI=1S/C86H165NO5/c1-3-5-7-9-11-13-15-17-19-21-23-24-25-33-36-39-43-46-50-54-58-62-66-70-74-78-84(89)83(82-88)87-85(90)79-75-71-67-63-59-55-51-47-44-40-37-34-31-29-27-26-28-30-32-35-38-41-45-49-53-57-61-65-69-73-77-81-92-86(91)80-76-72-68-64-60-56-52-48-42-22-20-18-16-14-12-10-8-6-4-2/h12,14,18,20,74,78,83-84,88-89H,3-11,13,15-17,19,21-73,75-77,79-82H2,1-2H3,(H,87,90)/b14-12-,20-18-,78-74+. The number of aliphatic hydroxyl groups is 2. The second-order valence-corrected chi connectivity index (χ2v) is 29.2. The van der Waals surface area contributed by atoms with Gasteiger partial charge in [-0.25, -0.2) is 0 Å². The smallest absolute Gasteiger partial charge is 0.305 e. The second-order valence-electron chi connectivity index (χ2n) is 29.2. The van der Waals surface area contributed by atoms with E-state index in [4.69, 9.17) is 4.74 Å². The number of unbranched alkanes of at least 4 members (excludes halogenated alkanes) is 65. The number of esters is 1. The Hall–Kier alpha value is -1.92.